The van der Waals surface area contributed by atoms with Crippen molar-refractivity contribution in [3.8, 4) is 0 Å². The van der Waals surface area contributed by atoms with Crippen molar-refractivity contribution in [3.05, 3.63) is 64.7 Å². The Balaban J connectivity index is 1.88. The summed E-state index contributed by atoms with van der Waals surface area (Å²) in [6.07, 6.45) is 0. The largest absolute Gasteiger partial charge is 0.410 e. The molecule has 2 aromatic heterocycles. The number of carbonyl (C=O) groups excluding carboxylic acids is 1. The molecule has 4 rings (SSSR count). The monoisotopic (exact) mass is 391 g/mol. The van der Waals surface area contributed by atoms with Crippen LogP contribution < -0.4 is 11.1 Å². The van der Waals surface area contributed by atoms with Crippen LogP contribution in [-0.2, 0) is 0 Å². The van der Waals surface area contributed by atoms with Crippen LogP contribution in [-0.4, -0.2) is 33.3 Å². The van der Waals surface area contributed by atoms with Gasteiger partial charge >= 0.3 is 0 Å². The van der Waals surface area contributed by atoms with Crippen LogP contribution in [0.4, 0.5) is 5.95 Å². The molecule has 0 aliphatic heterocycles. The molecule has 4 N–H and O–H groups in total. The maximum atomic E-state index is 12.2. The number of hydrogen-bond donors (Lipinski definition) is 3. The quantitative estimate of drug-likeness (QED) is 0.280. The molecule has 0 fully saturated rings. The van der Waals surface area contributed by atoms with E-state index in [0.29, 0.717) is 32.9 Å². The summed E-state index contributed by atoms with van der Waals surface area (Å²) in [6.45, 7) is 2.37. The van der Waals surface area contributed by atoms with Gasteiger partial charge in [-0.1, -0.05) is 41.6 Å². The summed E-state index contributed by atoms with van der Waals surface area (Å²) in [5.74, 6) is -0.142. The second kappa shape index (κ2) is 7.24. The molecule has 0 saturated heterocycles. The van der Waals surface area contributed by atoms with E-state index in [4.69, 9.17) is 5.73 Å². The van der Waals surface area contributed by atoms with E-state index in [0.717, 1.165) is 10.8 Å². The first-order chi connectivity index (χ1) is 13.6. The molecule has 140 valence electrons. The number of rotatable bonds is 4. The summed E-state index contributed by atoms with van der Waals surface area (Å²) < 4.78 is 0. The van der Waals surface area contributed by atoms with Gasteiger partial charge in [0.05, 0.1) is 4.88 Å². The van der Waals surface area contributed by atoms with Gasteiger partial charge in [-0.05, 0) is 29.8 Å². The van der Waals surface area contributed by atoms with Crippen LogP contribution in [0.1, 0.15) is 27.9 Å². The van der Waals surface area contributed by atoms with Gasteiger partial charge in [0.1, 0.15) is 16.2 Å². The lowest BCUT2D eigenvalue weighted by Gasteiger charge is -2.08. The zero-order chi connectivity index (χ0) is 19.7. The normalized spacial score (nSPS) is 11.8. The fourth-order valence-electron chi connectivity index (χ4n) is 3.06. The Labute approximate surface area is 164 Å². The van der Waals surface area contributed by atoms with Gasteiger partial charge in [-0.2, -0.15) is 0 Å². The standard InChI is InChI=1S/C20H17N5O2S/c1-2-22-18(26)15-10-14-17(23-20(21)24-19(14)28-15)16(25-27)13-8-7-11-5-3-4-6-12(11)9-13/h3-10,27H,2H2,1H3,(H,22,26)(H2,21,23,24)/b25-16+. The lowest BCUT2D eigenvalue weighted by atomic mass is 10.0. The molecular formula is C20H17N5O2S. The van der Waals surface area contributed by atoms with Gasteiger partial charge in [-0.3, -0.25) is 4.79 Å². The molecule has 0 aliphatic rings. The Morgan fingerprint density at radius 1 is 1.18 bits per heavy atom. The topological polar surface area (TPSA) is 113 Å². The van der Waals surface area contributed by atoms with Gasteiger partial charge in [0, 0.05) is 17.5 Å². The van der Waals surface area contributed by atoms with E-state index < -0.39 is 0 Å². The van der Waals surface area contributed by atoms with Crippen molar-refractivity contribution in [1.29, 1.82) is 0 Å². The van der Waals surface area contributed by atoms with Gasteiger partial charge in [0.15, 0.2) is 0 Å². The Morgan fingerprint density at radius 2 is 1.96 bits per heavy atom. The van der Waals surface area contributed by atoms with Crippen LogP contribution in [0.3, 0.4) is 0 Å². The number of oxime groups is 1. The molecule has 0 radical (unpaired) electrons. The van der Waals surface area contributed by atoms with Gasteiger partial charge in [0.2, 0.25) is 5.95 Å². The second-order valence-corrected chi connectivity index (χ2v) is 7.16. The second-order valence-electron chi connectivity index (χ2n) is 6.13. The van der Waals surface area contributed by atoms with Crippen LogP contribution in [0.25, 0.3) is 21.0 Å². The molecule has 28 heavy (non-hydrogen) atoms. The number of nitrogens with two attached hydrogens (primary N) is 1. The fraction of sp³-hybridized carbons (Fsp3) is 0.100. The molecule has 1 amide bonds. The highest BCUT2D eigenvalue weighted by molar-refractivity contribution is 7.20. The van der Waals surface area contributed by atoms with Gasteiger partial charge < -0.3 is 16.3 Å². The predicted molar refractivity (Wildman–Crippen MR) is 111 cm³/mol. The van der Waals surface area contributed by atoms with E-state index in [1.165, 1.54) is 11.3 Å². The number of nitrogens with one attached hydrogen (secondary N) is 1. The molecule has 0 saturated carbocycles. The van der Waals surface area contributed by atoms with Crippen molar-refractivity contribution >= 4 is 49.9 Å². The number of amides is 1. The molecular weight excluding hydrogens is 374 g/mol. The maximum Gasteiger partial charge on any atom is 0.261 e. The first-order valence-corrected chi connectivity index (χ1v) is 9.49. The van der Waals surface area contributed by atoms with Crippen molar-refractivity contribution in [2.24, 2.45) is 5.16 Å². The first kappa shape index (κ1) is 17.9. The van der Waals surface area contributed by atoms with Crippen LogP contribution in [0.2, 0.25) is 0 Å². The third-order valence-corrected chi connectivity index (χ3v) is 5.35. The number of anilines is 1. The molecule has 0 unspecified atom stereocenters. The number of hydrogen-bond acceptors (Lipinski definition) is 7. The highest BCUT2D eigenvalue weighted by Crippen LogP contribution is 2.29. The fourth-order valence-corrected chi connectivity index (χ4v) is 4.01. The summed E-state index contributed by atoms with van der Waals surface area (Å²) in [5.41, 5.74) is 7.21. The average Bonchev–Trinajstić information content (AvgIpc) is 3.13. The van der Waals surface area contributed by atoms with E-state index in [1.54, 1.807) is 6.07 Å². The van der Waals surface area contributed by atoms with Crippen LogP contribution >= 0.6 is 11.3 Å². The van der Waals surface area contributed by atoms with E-state index in [-0.39, 0.29) is 17.6 Å². The Bertz CT molecular complexity index is 1230. The van der Waals surface area contributed by atoms with Gasteiger partial charge in [0.25, 0.3) is 5.91 Å². The van der Waals surface area contributed by atoms with E-state index in [1.807, 2.05) is 49.4 Å². The van der Waals surface area contributed by atoms with Crippen molar-refractivity contribution in [2.45, 2.75) is 6.92 Å². The van der Waals surface area contributed by atoms with E-state index in [9.17, 15) is 10.0 Å². The highest BCUT2D eigenvalue weighted by atomic mass is 32.1. The summed E-state index contributed by atoms with van der Waals surface area (Å²) >= 11 is 1.22. The Hall–Kier alpha value is -3.52. The van der Waals surface area contributed by atoms with Crippen molar-refractivity contribution in [2.75, 3.05) is 12.3 Å². The summed E-state index contributed by atoms with van der Waals surface area (Å²) in [7, 11) is 0. The van der Waals surface area contributed by atoms with Gasteiger partial charge in [-0.15, -0.1) is 11.3 Å². The lowest BCUT2D eigenvalue weighted by Crippen LogP contribution is -2.21. The van der Waals surface area contributed by atoms with Crippen LogP contribution in [0, 0.1) is 0 Å². The van der Waals surface area contributed by atoms with Gasteiger partial charge in [-0.25, -0.2) is 9.97 Å². The molecule has 8 heteroatoms. The third-order valence-electron chi connectivity index (χ3n) is 4.32. The molecule has 4 aromatic rings. The highest BCUT2D eigenvalue weighted by Gasteiger charge is 2.20. The predicted octanol–water partition coefficient (Wildman–Crippen LogP) is 3.40. The van der Waals surface area contributed by atoms with Crippen molar-refractivity contribution < 1.29 is 10.0 Å². The third kappa shape index (κ3) is 3.14. The number of aromatic nitrogens is 2. The minimum atomic E-state index is -0.191. The summed E-state index contributed by atoms with van der Waals surface area (Å²) in [5, 5.41) is 18.7. The number of nitrogen functional groups attached to an aromatic ring is 1. The average molecular weight is 391 g/mol. The summed E-state index contributed by atoms with van der Waals surface area (Å²) in [6, 6.07) is 15.3. The Kier molecular flexibility index (Phi) is 4.62. The maximum absolute atomic E-state index is 12.2. The SMILES string of the molecule is CCNC(=O)c1cc2c(/C(=N/O)c3ccc4ccccc4c3)nc(N)nc2s1. The van der Waals surface area contributed by atoms with E-state index in [2.05, 4.69) is 20.4 Å². The summed E-state index contributed by atoms with van der Waals surface area (Å²) in [4.78, 5) is 21.8. The molecule has 0 atom stereocenters. The smallest absolute Gasteiger partial charge is 0.261 e. The Morgan fingerprint density at radius 3 is 2.71 bits per heavy atom. The molecule has 0 spiro atoms. The molecule has 0 aliphatic carbocycles. The van der Waals surface area contributed by atoms with Crippen molar-refractivity contribution in [1.82, 2.24) is 15.3 Å². The zero-order valence-electron chi connectivity index (χ0n) is 15.0. The first-order valence-electron chi connectivity index (χ1n) is 8.67. The lowest BCUT2D eigenvalue weighted by molar-refractivity contribution is 0.0960. The minimum Gasteiger partial charge on any atom is -0.410 e. The van der Waals surface area contributed by atoms with Crippen LogP contribution in [0.5, 0.6) is 0 Å². The number of fused-ring (bicyclic) bond motifs is 2. The number of thiophene rings is 1. The molecule has 7 nitrogen and oxygen atoms in total. The van der Waals surface area contributed by atoms with E-state index >= 15 is 0 Å². The zero-order valence-corrected chi connectivity index (χ0v) is 15.8. The number of benzene rings is 2. The molecule has 2 aromatic carbocycles. The number of carbonyl (C=O) groups is 1. The molecule has 2 heterocycles. The number of nitrogens with zero attached hydrogens (tertiary/aromatic N) is 3. The van der Waals surface area contributed by atoms with Crippen LogP contribution in [0.15, 0.2) is 53.7 Å². The molecule has 0 bridgehead atoms. The minimum absolute atomic E-state index is 0.0498. The van der Waals surface area contributed by atoms with Crippen molar-refractivity contribution in [3.63, 3.8) is 0 Å².